The van der Waals surface area contributed by atoms with Crippen molar-refractivity contribution in [2.75, 3.05) is 19.8 Å². The highest BCUT2D eigenvalue weighted by Gasteiger charge is 2.03. The number of nitrogens with zero attached hydrogens (tertiary/aromatic N) is 1. The highest BCUT2D eigenvalue weighted by Crippen LogP contribution is 2.21. The van der Waals surface area contributed by atoms with Crippen molar-refractivity contribution in [3.63, 3.8) is 0 Å². The summed E-state index contributed by atoms with van der Waals surface area (Å²) in [5.41, 5.74) is 2.61. The van der Waals surface area contributed by atoms with E-state index in [0.29, 0.717) is 0 Å². The molecular weight excluding hydrogens is 242 g/mol. The molecule has 0 heterocycles. The Hall–Kier alpha value is -1.16. The van der Waals surface area contributed by atoms with Crippen molar-refractivity contribution in [3.8, 4) is 0 Å². The summed E-state index contributed by atoms with van der Waals surface area (Å²) in [5, 5.41) is 6.61. The Morgan fingerprint density at radius 2 is 2.11 bits per heavy atom. The molecule has 0 spiro atoms. The zero-order valence-electron chi connectivity index (χ0n) is 11.7. The van der Waals surface area contributed by atoms with Crippen molar-refractivity contribution in [3.05, 3.63) is 29.3 Å². The number of hydrogen-bond donors (Lipinski definition) is 2. The number of nitrogens with one attached hydrogen (secondary N) is 2. The van der Waals surface area contributed by atoms with Crippen LogP contribution in [0.2, 0.25) is 0 Å². The number of aryl methyl sites for hydroxylation is 1. The summed E-state index contributed by atoms with van der Waals surface area (Å²) in [6.45, 7) is 6.02. The molecule has 100 valence electrons. The molecule has 0 aliphatic heterocycles. The Morgan fingerprint density at radius 3 is 2.72 bits per heavy atom. The standard InChI is InChI=1S/C14H23N3S/c1-5-8-16-14(15-3)17-10-12-7-6-11(2)9-13(12)18-4/h6-7,9H,5,8,10H2,1-4H3,(H2,15,16,17). The molecule has 0 saturated heterocycles. The zero-order chi connectivity index (χ0) is 13.4. The summed E-state index contributed by atoms with van der Waals surface area (Å²) in [7, 11) is 1.80. The summed E-state index contributed by atoms with van der Waals surface area (Å²) in [5.74, 6) is 0.865. The molecule has 0 atom stereocenters. The minimum atomic E-state index is 0.805. The molecule has 0 unspecified atom stereocenters. The van der Waals surface area contributed by atoms with Gasteiger partial charge in [0.15, 0.2) is 5.96 Å². The Morgan fingerprint density at radius 1 is 1.33 bits per heavy atom. The van der Waals surface area contributed by atoms with E-state index in [-0.39, 0.29) is 0 Å². The molecule has 2 N–H and O–H groups in total. The van der Waals surface area contributed by atoms with E-state index in [4.69, 9.17) is 0 Å². The molecule has 3 nitrogen and oxygen atoms in total. The number of benzene rings is 1. The van der Waals surface area contributed by atoms with Gasteiger partial charge in [-0.3, -0.25) is 4.99 Å². The predicted octanol–water partition coefficient (Wildman–Crippen LogP) is 2.79. The van der Waals surface area contributed by atoms with Crippen molar-refractivity contribution < 1.29 is 0 Å². The number of aliphatic imine (C=N–C) groups is 1. The quantitative estimate of drug-likeness (QED) is 0.488. The minimum absolute atomic E-state index is 0.805. The maximum Gasteiger partial charge on any atom is 0.191 e. The van der Waals surface area contributed by atoms with Crippen LogP contribution in [0.4, 0.5) is 0 Å². The summed E-state index contributed by atoms with van der Waals surface area (Å²) in [6, 6.07) is 6.56. The van der Waals surface area contributed by atoms with Gasteiger partial charge in [0, 0.05) is 25.0 Å². The fourth-order valence-electron chi connectivity index (χ4n) is 1.64. The van der Waals surface area contributed by atoms with Gasteiger partial charge >= 0.3 is 0 Å². The van der Waals surface area contributed by atoms with E-state index in [2.05, 4.69) is 53.9 Å². The molecule has 18 heavy (non-hydrogen) atoms. The van der Waals surface area contributed by atoms with E-state index in [1.807, 2.05) is 0 Å². The van der Waals surface area contributed by atoms with Crippen molar-refractivity contribution in [2.45, 2.75) is 31.7 Å². The Labute approximate surface area is 114 Å². The largest absolute Gasteiger partial charge is 0.356 e. The van der Waals surface area contributed by atoms with Crippen LogP contribution in [0.25, 0.3) is 0 Å². The van der Waals surface area contributed by atoms with E-state index < -0.39 is 0 Å². The first kappa shape index (κ1) is 14.9. The van der Waals surface area contributed by atoms with Gasteiger partial charge in [0.1, 0.15) is 0 Å². The molecule has 1 rings (SSSR count). The average Bonchev–Trinajstić information content (AvgIpc) is 2.40. The lowest BCUT2D eigenvalue weighted by atomic mass is 10.1. The van der Waals surface area contributed by atoms with Crippen LogP contribution in [0.3, 0.4) is 0 Å². The number of hydrogen-bond acceptors (Lipinski definition) is 2. The predicted molar refractivity (Wildman–Crippen MR) is 81.5 cm³/mol. The summed E-state index contributed by atoms with van der Waals surface area (Å²) in [6.07, 6.45) is 3.21. The smallest absolute Gasteiger partial charge is 0.191 e. The molecule has 0 amide bonds. The van der Waals surface area contributed by atoms with Crippen LogP contribution in [0.5, 0.6) is 0 Å². The van der Waals surface area contributed by atoms with E-state index in [1.54, 1.807) is 18.8 Å². The second kappa shape index (κ2) is 8.03. The van der Waals surface area contributed by atoms with Gasteiger partial charge in [-0.1, -0.05) is 19.1 Å². The number of rotatable bonds is 5. The van der Waals surface area contributed by atoms with Crippen molar-refractivity contribution >= 4 is 17.7 Å². The fourth-order valence-corrected chi connectivity index (χ4v) is 2.35. The van der Waals surface area contributed by atoms with E-state index in [9.17, 15) is 0 Å². The van der Waals surface area contributed by atoms with Crippen molar-refractivity contribution in [1.29, 1.82) is 0 Å². The molecule has 0 saturated carbocycles. The lowest BCUT2D eigenvalue weighted by Crippen LogP contribution is -2.37. The molecule has 0 aromatic heterocycles. The maximum atomic E-state index is 4.20. The van der Waals surface area contributed by atoms with Crippen LogP contribution in [0.1, 0.15) is 24.5 Å². The molecule has 0 radical (unpaired) electrons. The summed E-state index contributed by atoms with van der Waals surface area (Å²) < 4.78 is 0. The SMILES string of the molecule is CCCNC(=NC)NCc1ccc(C)cc1SC. The van der Waals surface area contributed by atoms with Gasteiger partial charge in [0.05, 0.1) is 0 Å². The van der Waals surface area contributed by atoms with Gasteiger partial charge in [-0.05, 0) is 36.8 Å². The topological polar surface area (TPSA) is 36.4 Å². The van der Waals surface area contributed by atoms with Gasteiger partial charge in [-0.25, -0.2) is 0 Å². The molecule has 0 fully saturated rings. The molecular formula is C14H23N3S. The fraction of sp³-hybridized carbons (Fsp3) is 0.500. The van der Waals surface area contributed by atoms with Gasteiger partial charge in [-0.15, -0.1) is 11.8 Å². The minimum Gasteiger partial charge on any atom is -0.356 e. The highest BCUT2D eigenvalue weighted by molar-refractivity contribution is 7.98. The van der Waals surface area contributed by atoms with Gasteiger partial charge < -0.3 is 10.6 Å². The van der Waals surface area contributed by atoms with E-state index >= 15 is 0 Å². The molecule has 1 aromatic carbocycles. The number of guanidine groups is 1. The summed E-state index contributed by atoms with van der Waals surface area (Å²) in [4.78, 5) is 5.53. The third-order valence-corrected chi connectivity index (χ3v) is 3.47. The molecule has 4 heteroatoms. The van der Waals surface area contributed by atoms with Crippen LogP contribution in [-0.4, -0.2) is 25.8 Å². The van der Waals surface area contributed by atoms with Gasteiger partial charge in [0.2, 0.25) is 0 Å². The second-order valence-electron chi connectivity index (χ2n) is 4.17. The highest BCUT2D eigenvalue weighted by atomic mass is 32.2. The van der Waals surface area contributed by atoms with Crippen LogP contribution in [0, 0.1) is 6.92 Å². The first-order valence-corrected chi connectivity index (χ1v) is 7.51. The van der Waals surface area contributed by atoms with Crippen LogP contribution in [-0.2, 0) is 6.54 Å². The monoisotopic (exact) mass is 265 g/mol. The van der Waals surface area contributed by atoms with Gasteiger partial charge in [-0.2, -0.15) is 0 Å². The first-order chi connectivity index (χ1) is 8.71. The Kier molecular flexibility index (Phi) is 6.65. The van der Waals surface area contributed by atoms with Crippen LogP contribution in [0.15, 0.2) is 28.1 Å². The second-order valence-corrected chi connectivity index (χ2v) is 5.02. The third kappa shape index (κ3) is 4.61. The van der Waals surface area contributed by atoms with Crippen molar-refractivity contribution in [1.82, 2.24) is 10.6 Å². The van der Waals surface area contributed by atoms with Crippen LogP contribution < -0.4 is 10.6 Å². The normalized spacial score (nSPS) is 11.4. The summed E-state index contributed by atoms with van der Waals surface area (Å²) >= 11 is 1.79. The zero-order valence-corrected chi connectivity index (χ0v) is 12.5. The third-order valence-electron chi connectivity index (χ3n) is 2.65. The maximum absolute atomic E-state index is 4.20. The van der Waals surface area contributed by atoms with Crippen LogP contribution >= 0.6 is 11.8 Å². The average molecular weight is 265 g/mol. The van der Waals surface area contributed by atoms with E-state index in [1.165, 1.54) is 16.0 Å². The molecule has 0 bridgehead atoms. The van der Waals surface area contributed by atoms with Gasteiger partial charge in [0.25, 0.3) is 0 Å². The molecule has 0 aliphatic rings. The molecule has 0 aliphatic carbocycles. The van der Waals surface area contributed by atoms with E-state index in [0.717, 1.165) is 25.5 Å². The Bertz CT molecular complexity index is 402. The molecule has 1 aromatic rings. The lowest BCUT2D eigenvalue weighted by molar-refractivity contribution is 0.777. The van der Waals surface area contributed by atoms with Crippen molar-refractivity contribution in [2.24, 2.45) is 4.99 Å². The Balaban J connectivity index is 2.62. The first-order valence-electron chi connectivity index (χ1n) is 6.29. The number of thioether (sulfide) groups is 1. The lowest BCUT2D eigenvalue weighted by Gasteiger charge is -2.13.